The molecule has 1 aliphatic carbocycles. The van der Waals surface area contributed by atoms with Crippen LogP contribution in [0.5, 0.6) is 0 Å². The molecule has 1 aliphatic rings. The zero-order valence-electron chi connectivity index (χ0n) is 13.9. The monoisotopic (exact) mass is 268 g/mol. The molecule has 0 heterocycles. The van der Waals surface area contributed by atoms with Gasteiger partial charge < -0.3 is 5.73 Å². The van der Waals surface area contributed by atoms with Gasteiger partial charge in [0.05, 0.1) is 0 Å². The Bertz CT molecular complexity index is 248. The molecular formula is C17H36N2. The minimum Gasteiger partial charge on any atom is -0.329 e. The minimum absolute atomic E-state index is 0.272. The summed E-state index contributed by atoms with van der Waals surface area (Å²) in [6.07, 6.45) is 9.24. The fourth-order valence-electron chi connectivity index (χ4n) is 4.20. The van der Waals surface area contributed by atoms with Gasteiger partial charge >= 0.3 is 0 Å². The summed E-state index contributed by atoms with van der Waals surface area (Å²) in [6.45, 7) is 10.1. The number of nitrogens with zero attached hydrogens (tertiary/aromatic N) is 1. The lowest BCUT2D eigenvalue weighted by molar-refractivity contribution is 0.0173. The van der Waals surface area contributed by atoms with Crippen molar-refractivity contribution in [3.8, 4) is 0 Å². The van der Waals surface area contributed by atoms with E-state index in [-0.39, 0.29) is 5.54 Å². The van der Waals surface area contributed by atoms with Gasteiger partial charge in [0, 0.05) is 18.1 Å². The second kappa shape index (κ2) is 7.64. The summed E-state index contributed by atoms with van der Waals surface area (Å²) in [4.78, 5) is 2.64. The predicted molar refractivity (Wildman–Crippen MR) is 85.3 cm³/mol. The fourth-order valence-corrected chi connectivity index (χ4v) is 4.20. The average Bonchev–Trinajstić information content (AvgIpc) is 2.39. The molecule has 2 unspecified atom stereocenters. The molecule has 0 spiro atoms. The highest BCUT2D eigenvalue weighted by Gasteiger charge is 2.40. The Morgan fingerprint density at radius 2 is 1.89 bits per heavy atom. The van der Waals surface area contributed by atoms with E-state index in [2.05, 4.69) is 39.6 Å². The molecule has 0 radical (unpaired) electrons. The highest BCUT2D eigenvalue weighted by atomic mass is 15.2. The van der Waals surface area contributed by atoms with E-state index >= 15 is 0 Å². The molecule has 114 valence electrons. The molecule has 0 aromatic rings. The molecule has 2 N–H and O–H groups in total. The second-order valence-corrected chi connectivity index (χ2v) is 7.10. The topological polar surface area (TPSA) is 29.3 Å². The first-order valence-corrected chi connectivity index (χ1v) is 8.42. The van der Waals surface area contributed by atoms with Crippen LogP contribution in [-0.2, 0) is 0 Å². The van der Waals surface area contributed by atoms with Crippen LogP contribution in [0, 0.1) is 11.8 Å². The molecule has 0 aromatic heterocycles. The van der Waals surface area contributed by atoms with Gasteiger partial charge in [0.25, 0.3) is 0 Å². The van der Waals surface area contributed by atoms with Gasteiger partial charge in [-0.2, -0.15) is 0 Å². The van der Waals surface area contributed by atoms with Crippen LogP contribution < -0.4 is 5.73 Å². The number of likely N-dealkylation sites (N-methyl/N-ethyl adjacent to an activating group) is 1. The standard InChI is InChI=1S/C17H36N2/c1-6-16(7-2)19(5)17(13-18)10-8-9-15(12-17)11-14(3)4/h14-16H,6-13,18H2,1-5H3. The maximum atomic E-state index is 6.24. The van der Waals surface area contributed by atoms with Gasteiger partial charge in [-0.1, -0.05) is 40.5 Å². The van der Waals surface area contributed by atoms with Crippen LogP contribution in [0.4, 0.5) is 0 Å². The molecule has 19 heavy (non-hydrogen) atoms. The molecule has 2 heteroatoms. The van der Waals surface area contributed by atoms with E-state index in [9.17, 15) is 0 Å². The van der Waals surface area contributed by atoms with Crippen molar-refractivity contribution >= 4 is 0 Å². The Morgan fingerprint density at radius 3 is 2.37 bits per heavy atom. The lowest BCUT2D eigenvalue weighted by Crippen LogP contribution is -2.58. The Kier molecular flexibility index (Phi) is 6.82. The average molecular weight is 268 g/mol. The minimum atomic E-state index is 0.272. The molecular weight excluding hydrogens is 232 g/mol. The van der Waals surface area contributed by atoms with Gasteiger partial charge in [-0.25, -0.2) is 0 Å². The summed E-state index contributed by atoms with van der Waals surface area (Å²) in [5.41, 5.74) is 6.51. The predicted octanol–water partition coefficient (Wildman–Crippen LogP) is 4.04. The molecule has 0 saturated heterocycles. The van der Waals surface area contributed by atoms with Crippen molar-refractivity contribution in [2.24, 2.45) is 17.6 Å². The molecule has 2 atom stereocenters. The SMILES string of the molecule is CCC(CC)N(C)C1(CN)CCCC(CC(C)C)C1. The Morgan fingerprint density at radius 1 is 1.26 bits per heavy atom. The summed E-state index contributed by atoms with van der Waals surface area (Å²) in [5.74, 6) is 1.70. The zero-order chi connectivity index (χ0) is 14.5. The maximum absolute atomic E-state index is 6.24. The molecule has 0 bridgehead atoms. The molecule has 2 nitrogen and oxygen atoms in total. The quantitative estimate of drug-likeness (QED) is 0.755. The highest BCUT2D eigenvalue weighted by molar-refractivity contribution is 4.97. The first-order chi connectivity index (χ1) is 8.99. The van der Waals surface area contributed by atoms with Gasteiger partial charge in [0.15, 0.2) is 0 Å². The summed E-state index contributed by atoms with van der Waals surface area (Å²) in [7, 11) is 2.32. The van der Waals surface area contributed by atoms with E-state index in [1.807, 2.05) is 0 Å². The van der Waals surface area contributed by atoms with Crippen LogP contribution in [-0.4, -0.2) is 30.1 Å². The Hall–Kier alpha value is -0.0800. The van der Waals surface area contributed by atoms with Gasteiger partial charge in [0.2, 0.25) is 0 Å². The van der Waals surface area contributed by atoms with Crippen molar-refractivity contribution in [2.75, 3.05) is 13.6 Å². The third-order valence-electron chi connectivity index (χ3n) is 5.35. The Labute approximate surface area is 121 Å². The van der Waals surface area contributed by atoms with E-state index < -0.39 is 0 Å². The number of hydrogen-bond acceptors (Lipinski definition) is 2. The first-order valence-electron chi connectivity index (χ1n) is 8.42. The lowest BCUT2D eigenvalue weighted by Gasteiger charge is -2.50. The number of hydrogen-bond donors (Lipinski definition) is 1. The van der Waals surface area contributed by atoms with Gasteiger partial charge in [-0.15, -0.1) is 0 Å². The number of rotatable bonds is 7. The van der Waals surface area contributed by atoms with Crippen molar-refractivity contribution < 1.29 is 0 Å². The van der Waals surface area contributed by atoms with E-state index in [4.69, 9.17) is 5.73 Å². The van der Waals surface area contributed by atoms with Gasteiger partial charge in [0.1, 0.15) is 0 Å². The third kappa shape index (κ3) is 4.19. The fraction of sp³-hybridized carbons (Fsp3) is 1.00. The molecule has 0 aromatic carbocycles. The maximum Gasteiger partial charge on any atom is 0.0334 e. The highest BCUT2D eigenvalue weighted by Crippen LogP contribution is 2.39. The van der Waals surface area contributed by atoms with Crippen LogP contribution in [0.15, 0.2) is 0 Å². The van der Waals surface area contributed by atoms with E-state index in [0.29, 0.717) is 6.04 Å². The van der Waals surface area contributed by atoms with Crippen LogP contribution in [0.25, 0.3) is 0 Å². The van der Waals surface area contributed by atoms with Crippen LogP contribution in [0.1, 0.15) is 72.6 Å². The van der Waals surface area contributed by atoms with Crippen molar-refractivity contribution in [2.45, 2.75) is 84.2 Å². The van der Waals surface area contributed by atoms with E-state index in [0.717, 1.165) is 18.4 Å². The third-order valence-corrected chi connectivity index (χ3v) is 5.35. The molecule has 0 amide bonds. The van der Waals surface area contributed by atoms with E-state index in [1.54, 1.807) is 0 Å². The summed E-state index contributed by atoms with van der Waals surface area (Å²) < 4.78 is 0. The first kappa shape index (κ1) is 17.0. The normalized spacial score (nSPS) is 28.6. The molecule has 1 saturated carbocycles. The Balaban J connectivity index is 2.77. The second-order valence-electron chi connectivity index (χ2n) is 7.10. The van der Waals surface area contributed by atoms with Crippen molar-refractivity contribution in [3.63, 3.8) is 0 Å². The lowest BCUT2D eigenvalue weighted by atomic mass is 9.71. The number of nitrogens with two attached hydrogens (primary N) is 1. The zero-order valence-corrected chi connectivity index (χ0v) is 13.9. The molecule has 1 rings (SSSR count). The van der Waals surface area contributed by atoms with Crippen molar-refractivity contribution in [1.29, 1.82) is 0 Å². The van der Waals surface area contributed by atoms with Crippen molar-refractivity contribution in [1.82, 2.24) is 4.90 Å². The van der Waals surface area contributed by atoms with Gasteiger partial charge in [-0.05, 0) is 51.0 Å². The summed E-state index contributed by atoms with van der Waals surface area (Å²) in [5, 5.41) is 0. The molecule has 0 aliphatic heterocycles. The van der Waals surface area contributed by atoms with Gasteiger partial charge in [-0.3, -0.25) is 4.90 Å². The van der Waals surface area contributed by atoms with E-state index in [1.165, 1.54) is 44.9 Å². The van der Waals surface area contributed by atoms with Crippen molar-refractivity contribution in [3.05, 3.63) is 0 Å². The largest absolute Gasteiger partial charge is 0.329 e. The van der Waals surface area contributed by atoms with Crippen LogP contribution >= 0.6 is 0 Å². The van der Waals surface area contributed by atoms with Crippen LogP contribution in [0.2, 0.25) is 0 Å². The summed E-state index contributed by atoms with van der Waals surface area (Å²) in [6, 6.07) is 0.696. The molecule has 1 fully saturated rings. The van der Waals surface area contributed by atoms with Crippen LogP contribution in [0.3, 0.4) is 0 Å². The summed E-state index contributed by atoms with van der Waals surface area (Å²) >= 11 is 0. The smallest absolute Gasteiger partial charge is 0.0334 e.